The van der Waals surface area contributed by atoms with E-state index in [-0.39, 0.29) is 22.6 Å². The van der Waals surface area contributed by atoms with Gasteiger partial charge in [0.1, 0.15) is 17.7 Å². The summed E-state index contributed by atoms with van der Waals surface area (Å²) in [6.45, 7) is 6.31. The van der Waals surface area contributed by atoms with E-state index in [1.807, 2.05) is 31.2 Å². The lowest BCUT2D eigenvalue weighted by Gasteiger charge is -2.37. The second kappa shape index (κ2) is 8.45. The van der Waals surface area contributed by atoms with Gasteiger partial charge in [-0.25, -0.2) is 18.7 Å². The van der Waals surface area contributed by atoms with Crippen molar-refractivity contribution in [1.82, 2.24) is 25.1 Å². The van der Waals surface area contributed by atoms with Crippen LogP contribution in [0, 0.1) is 17.0 Å². The molecule has 0 saturated heterocycles. The molecule has 2 aliphatic carbocycles. The Morgan fingerprint density at radius 2 is 1.70 bits per heavy atom. The standard InChI is InChI=1S/C29H27F2N5O/c1-4-23(37)27-32-14-16(15-33-27)21-9-6-10-24(34-21)29-12-11-18(28(29,2)3)17-13-22(35-36-26(17)29)25-19(30)7-5-8-20(25)31/h5-10,13-15,18,23,37H,4,11-12H2,1-3H3/t18-,23-,29-/m0/s1. The molecule has 37 heavy (non-hydrogen) atoms. The molecule has 0 unspecified atom stereocenters. The Hall–Kier alpha value is -3.65. The lowest BCUT2D eigenvalue weighted by molar-refractivity contribution is 0.163. The molecule has 1 saturated carbocycles. The Labute approximate surface area is 213 Å². The summed E-state index contributed by atoms with van der Waals surface area (Å²) in [5, 5.41) is 18.9. The first-order valence-corrected chi connectivity index (χ1v) is 12.6. The van der Waals surface area contributed by atoms with Crippen LogP contribution in [-0.2, 0) is 5.41 Å². The third kappa shape index (κ3) is 3.35. The number of aromatic nitrogens is 5. The van der Waals surface area contributed by atoms with Crippen molar-refractivity contribution in [3.63, 3.8) is 0 Å². The molecule has 0 amide bonds. The summed E-state index contributed by atoms with van der Waals surface area (Å²) in [5.74, 6) is -0.751. The molecule has 3 atom stereocenters. The van der Waals surface area contributed by atoms with E-state index in [0.29, 0.717) is 12.2 Å². The van der Waals surface area contributed by atoms with Crippen molar-refractivity contribution in [3.8, 4) is 22.5 Å². The van der Waals surface area contributed by atoms with Gasteiger partial charge in [0.15, 0.2) is 5.82 Å². The Bertz CT molecular complexity index is 1490. The largest absolute Gasteiger partial charge is 0.385 e. The van der Waals surface area contributed by atoms with Crippen LogP contribution in [0.3, 0.4) is 0 Å². The van der Waals surface area contributed by atoms with Gasteiger partial charge < -0.3 is 5.11 Å². The third-order valence-electron chi connectivity index (χ3n) is 8.44. The van der Waals surface area contributed by atoms with E-state index in [2.05, 4.69) is 34.0 Å². The van der Waals surface area contributed by atoms with E-state index in [9.17, 15) is 13.9 Å². The summed E-state index contributed by atoms with van der Waals surface area (Å²) in [4.78, 5) is 13.7. The zero-order valence-electron chi connectivity index (χ0n) is 20.9. The molecule has 1 fully saturated rings. The average Bonchev–Trinajstić information content (AvgIpc) is 3.29. The van der Waals surface area contributed by atoms with Crippen LogP contribution in [0.1, 0.15) is 74.8 Å². The first-order chi connectivity index (χ1) is 17.8. The van der Waals surface area contributed by atoms with E-state index in [4.69, 9.17) is 4.98 Å². The van der Waals surface area contributed by atoms with E-state index < -0.39 is 23.2 Å². The topological polar surface area (TPSA) is 84.7 Å². The van der Waals surface area contributed by atoms with Crippen LogP contribution in [-0.4, -0.2) is 30.3 Å². The Morgan fingerprint density at radius 3 is 2.41 bits per heavy atom. The highest BCUT2D eigenvalue weighted by molar-refractivity contribution is 5.65. The molecule has 6 nitrogen and oxygen atoms in total. The van der Waals surface area contributed by atoms with E-state index in [1.165, 1.54) is 18.2 Å². The zero-order chi connectivity index (χ0) is 25.9. The number of rotatable bonds is 5. The summed E-state index contributed by atoms with van der Waals surface area (Å²) in [6, 6.07) is 11.5. The predicted molar refractivity (Wildman–Crippen MR) is 134 cm³/mol. The van der Waals surface area contributed by atoms with Crippen LogP contribution >= 0.6 is 0 Å². The SMILES string of the molecule is CC[C@H](O)c1ncc(-c2cccc([C@@]34CC[C@@H](c5cc(-c6c(F)cccc6F)nnc53)C4(C)C)n2)cn1. The van der Waals surface area contributed by atoms with Crippen molar-refractivity contribution in [2.45, 2.75) is 57.5 Å². The van der Waals surface area contributed by atoms with Gasteiger partial charge in [-0.05, 0) is 66.5 Å². The number of nitrogens with zero attached hydrogens (tertiary/aromatic N) is 5. The summed E-state index contributed by atoms with van der Waals surface area (Å²) < 4.78 is 29.0. The maximum atomic E-state index is 14.5. The Kier molecular flexibility index (Phi) is 5.42. The van der Waals surface area contributed by atoms with E-state index in [0.717, 1.165) is 41.1 Å². The van der Waals surface area contributed by atoms with Crippen LogP contribution in [0.5, 0.6) is 0 Å². The fraction of sp³-hybridized carbons (Fsp3) is 0.345. The number of fused-ring (bicyclic) bond motifs is 5. The summed E-state index contributed by atoms with van der Waals surface area (Å²) in [6.07, 6.45) is 4.99. The molecular weight excluding hydrogens is 472 g/mol. The van der Waals surface area contributed by atoms with Gasteiger partial charge in [0, 0.05) is 18.0 Å². The number of hydrogen-bond donors (Lipinski definition) is 1. The first kappa shape index (κ1) is 23.7. The van der Waals surface area contributed by atoms with Crippen molar-refractivity contribution in [1.29, 1.82) is 0 Å². The lowest BCUT2D eigenvalue weighted by atomic mass is 9.66. The number of pyridine rings is 1. The smallest absolute Gasteiger partial charge is 0.156 e. The van der Waals surface area contributed by atoms with Gasteiger partial charge in [-0.1, -0.05) is 32.9 Å². The number of hydrogen-bond acceptors (Lipinski definition) is 6. The molecule has 188 valence electrons. The molecular formula is C29H27F2N5O. The van der Waals surface area contributed by atoms with Crippen LogP contribution < -0.4 is 0 Å². The second-order valence-corrected chi connectivity index (χ2v) is 10.5. The minimum atomic E-state index is -0.695. The van der Waals surface area contributed by atoms with Crippen molar-refractivity contribution in [3.05, 3.63) is 89.3 Å². The van der Waals surface area contributed by atoms with Crippen LogP contribution in [0.25, 0.3) is 22.5 Å². The molecule has 0 aliphatic heterocycles. The van der Waals surface area contributed by atoms with Gasteiger partial charge in [0.2, 0.25) is 0 Å². The molecule has 0 spiro atoms. The van der Waals surface area contributed by atoms with Gasteiger partial charge in [-0.3, -0.25) is 4.98 Å². The van der Waals surface area contributed by atoms with E-state index >= 15 is 0 Å². The molecule has 8 heteroatoms. The first-order valence-electron chi connectivity index (χ1n) is 12.6. The van der Waals surface area contributed by atoms with Gasteiger partial charge in [-0.2, -0.15) is 5.10 Å². The number of halogens is 2. The van der Waals surface area contributed by atoms with Crippen molar-refractivity contribution >= 4 is 0 Å². The quantitative estimate of drug-likeness (QED) is 0.367. The fourth-order valence-corrected chi connectivity index (χ4v) is 6.41. The average molecular weight is 500 g/mol. The molecule has 2 bridgehead atoms. The maximum Gasteiger partial charge on any atom is 0.156 e. The van der Waals surface area contributed by atoms with Crippen LogP contribution in [0.4, 0.5) is 8.78 Å². The number of aliphatic hydroxyl groups excluding tert-OH is 1. The van der Waals surface area contributed by atoms with Crippen LogP contribution in [0.15, 0.2) is 54.9 Å². The molecule has 1 N–H and O–H groups in total. The highest BCUT2D eigenvalue weighted by Crippen LogP contribution is 2.69. The number of aliphatic hydroxyl groups is 1. The van der Waals surface area contributed by atoms with Crippen molar-refractivity contribution in [2.75, 3.05) is 0 Å². The van der Waals surface area contributed by atoms with Gasteiger partial charge in [0.05, 0.1) is 33.8 Å². The maximum absolute atomic E-state index is 14.5. The summed E-state index contributed by atoms with van der Waals surface area (Å²) >= 11 is 0. The summed E-state index contributed by atoms with van der Waals surface area (Å²) in [5.41, 5.74) is 3.53. The van der Waals surface area contributed by atoms with E-state index in [1.54, 1.807) is 12.4 Å². The van der Waals surface area contributed by atoms with Gasteiger partial charge in [-0.15, -0.1) is 5.10 Å². The van der Waals surface area contributed by atoms with Crippen LogP contribution in [0.2, 0.25) is 0 Å². The van der Waals surface area contributed by atoms with Crippen molar-refractivity contribution in [2.24, 2.45) is 5.41 Å². The van der Waals surface area contributed by atoms with Crippen molar-refractivity contribution < 1.29 is 13.9 Å². The molecule has 6 rings (SSSR count). The fourth-order valence-electron chi connectivity index (χ4n) is 6.41. The molecule has 2 aliphatic rings. The van der Waals surface area contributed by atoms with Gasteiger partial charge >= 0.3 is 0 Å². The predicted octanol–water partition coefficient (Wildman–Crippen LogP) is 5.92. The highest BCUT2D eigenvalue weighted by atomic mass is 19.1. The minimum Gasteiger partial charge on any atom is -0.385 e. The highest BCUT2D eigenvalue weighted by Gasteiger charge is 2.65. The zero-order valence-corrected chi connectivity index (χ0v) is 20.9. The molecule has 4 aromatic rings. The molecule has 1 aromatic carbocycles. The molecule has 0 radical (unpaired) electrons. The summed E-state index contributed by atoms with van der Waals surface area (Å²) in [7, 11) is 0. The third-order valence-corrected chi connectivity index (χ3v) is 8.44. The number of benzene rings is 1. The molecule has 3 aromatic heterocycles. The lowest BCUT2D eigenvalue weighted by Crippen LogP contribution is -2.37. The normalized spacial score (nSPS) is 22.2. The molecule has 3 heterocycles. The minimum absolute atomic E-state index is 0.149. The monoisotopic (exact) mass is 499 g/mol. The van der Waals surface area contributed by atoms with Gasteiger partial charge in [0.25, 0.3) is 0 Å². The Balaban J connectivity index is 1.45. The second-order valence-electron chi connectivity index (χ2n) is 10.5. The Morgan fingerprint density at radius 1 is 1.00 bits per heavy atom.